The Kier molecular flexibility index (Phi) is 4.22. The fourth-order valence-corrected chi connectivity index (χ4v) is 4.43. The number of nitrogens with two attached hydrogens (primary N) is 1. The Hall–Kier alpha value is -1.07. The van der Waals surface area contributed by atoms with Crippen LogP contribution in [0.25, 0.3) is 20.9 Å². The van der Waals surface area contributed by atoms with Crippen molar-refractivity contribution in [3.05, 3.63) is 49.2 Å². The van der Waals surface area contributed by atoms with Gasteiger partial charge in [0, 0.05) is 18.9 Å². The number of nitrogen functional groups attached to an aromatic ring is 1. The highest BCUT2D eigenvalue weighted by Gasteiger charge is 2.19. The molecule has 2 heterocycles. The maximum atomic E-state index is 9.26. The van der Waals surface area contributed by atoms with Crippen molar-refractivity contribution in [2.75, 3.05) is 5.73 Å². The van der Waals surface area contributed by atoms with Gasteiger partial charge in [-0.05, 0) is 51.7 Å². The molecule has 6 heteroatoms. The number of nitriles is 1. The van der Waals surface area contributed by atoms with Crippen molar-refractivity contribution in [2.24, 2.45) is 0 Å². The monoisotopic (exact) mass is 442 g/mol. The molecule has 0 saturated carbocycles. The zero-order valence-electron chi connectivity index (χ0n) is 10.6. The van der Waals surface area contributed by atoms with Gasteiger partial charge in [0.2, 0.25) is 0 Å². The van der Waals surface area contributed by atoms with Gasteiger partial charge in [0.15, 0.2) is 0 Å². The first-order valence-electron chi connectivity index (χ1n) is 5.93. The molecule has 3 aromatic rings. The Morgan fingerprint density at radius 1 is 1.29 bits per heavy atom. The molecule has 0 aliphatic heterocycles. The minimum atomic E-state index is 0.545. The quantitative estimate of drug-likeness (QED) is 0.506. The first-order chi connectivity index (χ1) is 10.1. The second-order valence-electron chi connectivity index (χ2n) is 4.27. The third-order valence-electron chi connectivity index (χ3n) is 3.00. The van der Waals surface area contributed by atoms with Crippen molar-refractivity contribution in [3.63, 3.8) is 0 Å². The Morgan fingerprint density at radius 3 is 2.71 bits per heavy atom. The summed E-state index contributed by atoms with van der Waals surface area (Å²) in [5, 5.41) is 12.0. The minimum Gasteiger partial charge on any atom is -0.396 e. The average molecular weight is 443 g/mol. The van der Waals surface area contributed by atoms with Crippen LogP contribution in [0.5, 0.6) is 0 Å². The third kappa shape index (κ3) is 2.69. The van der Waals surface area contributed by atoms with E-state index in [1.54, 1.807) is 11.3 Å². The van der Waals surface area contributed by atoms with Gasteiger partial charge in [0.1, 0.15) is 10.9 Å². The Labute approximate surface area is 148 Å². The molecule has 0 atom stereocenters. The lowest BCUT2D eigenvalue weighted by Gasteiger charge is -2.05. The maximum Gasteiger partial charge on any atom is 0.129 e. The summed E-state index contributed by atoms with van der Waals surface area (Å²) in [4.78, 5) is 2.60. The number of nitrogens with zero attached hydrogens (tertiary/aromatic N) is 1. The maximum absolute atomic E-state index is 9.26. The van der Waals surface area contributed by atoms with E-state index in [1.165, 1.54) is 11.3 Å². The van der Waals surface area contributed by atoms with Crippen molar-refractivity contribution in [3.8, 4) is 27.0 Å². The van der Waals surface area contributed by atoms with Crippen LogP contribution in [0.2, 0.25) is 5.02 Å². The van der Waals surface area contributed by atoms with Gasteiger partial charge < -0.3 is 5.73 Å². The van der Waals surface area contributed by atoms with Gasteiger partial charge in [-0.2, -0.15) is 5.26 Å². The fourth-order valence-electron chi connectivity index (χ4n) is 2.03. The normalized spacial score (nSPS) is 10.5. The number of thiophene rings is 2. The molecule has 0 aliphatic rings. The van der Waals surface area contributed by atoms with E-state index in [9.17, 15) is 5.26 Å². The molecule has 1 aromatic carbocycles. The van der Waals surface area contributed by atoms with Gasteiger partial charge >= 0.3 is 0 Å². The first-order valence-corrected chi connectivity index (χ1v) is 9.08. The van der Waals surface area contributed by atoms with E-state index >= 15 is 0 Å². The number of rotatable bonds is 2. The summed E-state index contributed by atoms with van der Waals surface area (Å²) in [7, 11) is 0. The van der Waals surface area contributed by atoms with Gasteiger partial charge in [-0.3, -0.25) is 0 Å². The van der Waals surface area contributed by atoms with Gasteiger partial charge in [0.25, 0.3) is 0 Å². The molecule has 3 rings (SSSR count). The van der Waals surface area contributed by atoms with Gasteiger partial charge in [0.05, 0.1) is 10.7 Å². The molecule has 104 valence electrons. The summed E-state index contributed by atoms with van der Waals surface area (Å²) in [6, 6.07) is 12.1. The predicted octanol–water partition coefficient (Wildman–Crippen LogP) is 5.86. The highest BCUT2D eigenvalue weighted by molar-refractivity contribution is 14.1. The molecule has 0 spiro atoms. The predicted molar refractivity (Wildman–Crippen MR) is 99.9 cm³/mol. The lowest BCUT2D eigenvalue weighted by Crippen LogP contribution is -1.88. The highest BCUT2D eigenvalue weighted by atomic mass is 127. The molecule has 0 unspecified atom stereocenters. The molecular formula is C15H8ClIN2S2. The molecule has 0 bridgehead atoms. The standard InChI is InChI=1S/C15H8ClIN2S2/c16-9-6-8(3-4-10(9)17)15-13(11-2-1-5-20-11)14(19)12(7-18)21-15/h1-6H,19H2. The van der Waals surface area contributed by atoms with Crippen LogP contribution in [0, 0.1) is 14.9 Å². The molecule has 0 saturated heterocycles. The van der Waals surface area contributed by atoms with E-state index in [-0.39, 0.29) is 0 Å². The smallest absolute Gasteiger partial charge is 0.129 e. The van der Waals surface area contributed by atoms with Crippen molar-refractivity contribution >= 4 is 62.6 Å². The van der Waals surface area contributed by atoms with Gasteiger partial charge in [-0.15, -0.1) is 22.7 Å². The first kappa shape index (κ1) is 14.9. The van der Waals surface area contributed by atoms with Crippen LogP contribution in [0.15, 0.2) is 35.7 Å². The minimum absolute atomic E-state index is 0.545. The molecule has 0 radical (unpaired) electrons. The van der Waals surface area contributed by atoms with E-state index in [2.05, 4.69) is 28.7 Å². The number of benzene rings is 1. The van der Waals surface area contributed by atoms with Crippen molar-refractivity contribution in [1.82, 2.24) is 0 Å². The lowest BCUT2D eigenvalue weighted by molar-refractivity contribution is 1.52. The molecule has 0 amide bonds. The Morgan fingerprint density at radius 2 is 2.10 bits per heavy atom. The molecule has 2 nitrogen and oxygen atoms in total. The van der Waals surface area contributed by atoms with E-state index in [0.717, 1.165) is 24.5 Å². The van der Waals surface area contributed by atoms with Crippen LogP contribution < -0.4 is 5.73 Å². The van der Waals surface area contributed by atoms with Crippen LogP contribution in [-0.2, 0) is 0 Å². The summed E-state index contributed by atoms with van der Waals surface area (Å²) in [6.07, 6.45) is 0. The third-order valence-corrected chi connectivity index (χ3v) is 6.61. The number of halogens is 2. The summed E-state index contributed by atoms with van der Waals surface area (Å²) in [6.45, 7) is 0. The van der Waals surface area contributed by atoms with Crippen LogP contribution in [0.4, 0.5) is 5.69 Å². The lowest BCUT2D eigenvalue weighted by atomic mass is 10.1. The second kappa shape index (κ2) is 5.97. The zero-order valence-corrected chi connectivity index (χ0v) is 15.1. The van der Waals surface area contributed by atoms with Crippen LogP contribution in [0.3, 0.4) is 0 Å². The number of hydrogen-bond donors (Lipinski definition) is 1. The van der Waals surface area contributed by atoms with Crippen molar-refractivity contribution < 1.29 is 0 Å². The summed E-state index contributed by atoms with van der Waals surface area (Å²) in [5.74, 6) is 0. The van der Waals surface area contributed by atoms with E-state index in [4.69, 9.17) is 17.3 Å². The zero-order chi connectivity index (χ0) is 15.0. The molecule has 2 aromatic heterocycles. The van der Waals surface area contributed by atoms with Gasteiger partial charge in [-0.25, -0.2) is 0 Å². The van der Waals surface area contributed by atoms with Crippen LogP contribution in [0.1, 0.15) is 4.88 Å². The van der Waals surface area contributed by atoms with Crippen LogP contribution >= 0.6 is 56.9 Å². The van der Waals surface area contributed by atoms with Gasteiger partial charge in [-0.1, -0.05) is 23.7 Å². The number of hydrogen-bond acceptors (Lipinski definition) is 4. The highest BCUT2D eigenvalue weighted by Crippen LogP contribution is 2.46. The van der Waals surface area contributed by atoms with E-state index in [1.807, 2.05) is 35.7 Å². The van der Waals surface area contributed by atoms with E-state index in [0.29, 0.717) is 15.6 Å². The van der Waals surface area contributed by atoms with Crippen molar-refractivity contribution in [1.29, 1.82) is 5.26 Å². The SMILES string of the molecule is N#Cc1sc(-c2ccc(I)c(Cl)c2)c(-c2cccs2)c1N. The molecule has 21 heavy (non-hydrogen) atoms. The molecule has 0 fully saturated rings. The topological polar surface area (TPSA) is 49.8 Å². The molecule has 2 N–H and O–H groups in total. The van der Waals surface area contributed by atoms with Crippen molar-refractivity contribution in [2.45, 2.75) is 0 Å². The molecular weight excluding hydrogens is 435 g/mol. The molecule has 0 aliphatic carbocycles. The Bertz CT molecular complexity index is 847. The van der Waals surface area contributed by atoms with E-state index < -0.39 is 0 Å². The largest absolute Gasteiger partial charge is 0.396 e. The summed E-state index contributed by atoms with van der Waals surface area (Å²) >= 11 is 11.4. The summed E-state index contributed by atoms with van der Waals surface area (Å²) in [5.41, 5.74) is 8.64. The fraction of sp³-hybridized carbons (Fsp3) is 0. The summed E-state index contributed by atoms with van der Waals surface area (Å²) < 4.78 is 1.00. The Balaban J connectivity index is 2.27. The number of anilines is 1. The average Bonchev–Trinajstić information content (AvgIpc) is 3.09. The van der Waals surface area contributed by atoms with Crippen LogP contribution in [-0.4, -0.2) is 0 Å². The second-order valence-corrected chi connectivity index (χ2v) is 7.80.